The topological polar surface area (TPSA) is 52.5 Å². The van der Waals surface area contributed by atoms with Crippen LogP contribution in [-0.2, 0) is 6.18 Å². The van der Waals surface area contributed by atoms with Crippen LogP contribution < -0.4 is 5.32 Å². The average Bonchev–Trinajstić information content (AvgIpc) is 2.20. The van der Waals surface area contributed by atoms with Gasteiger partial charge in [-0.05, 0) is 40.7 Å². The molecule has 1 aromatic carbocycles. The van der Waals surface area contributed by atoms with E-state index in [4.69, 9.17) is 0 Å². The van der Waals surface area contributed by atoms with E-state index in [9.17, 15) is 23.4 Å². The molecule has 17 heavy (non-hydrogen) atoms. The molecule has 0 aromatic heterocycles. The number of aromatic hydroxyl groups is 1. The lowest BCUT2D eigenvalue weighted by molar-refractivity contribution is -0.139. The molecule has 1 unspecified atom stereocenters. The Labute approximate surface area is 104 Å². The third kappa shape index (κ3) is 3.34. The van der Waals surface area contributed by atoms with Crippen LogP contribution in [0.1, 0.15) is 17.2 Å². The van der Waals surface area contributed by atoms with Gasteiger partial charge in [-0.25, -0.2) is 0 Å². The number of halogens is 4. The molecular formula is C10H11BrF3NO2. The van der Waals surface area contributed by atoms with Gasteiger partial charge in [-0.3, -0.25) is 0 Å². The van der Waals surface area contributed by atoms with Crippen LogP contribution >= 0.6 is 15.9 Å². The molecule has 0 radical (unpaired) electrons. The fraction of sp³-hybridized carbons (Fsp3) is 0.400. The van der Waals surface area contributed by atoms with Crippen molar-refractivity contribution in [2.75, 3.05) is 13.6 Å². The Bertz CT molecular complexity index is 409. The van der Waals surface area contributed by atoms with Crippen LogP contribution in [-0.4, -0.2) is 23.8 Å². The molecule has 0 spiro atoms. The van der Waals surface area contributed by atoms with Crippen LogP contribution in [0.3, 0.4) is 0 Å². The zero-order valence-corrected chi connectivity index (χ0v) is 10.4. The minimum Gasteiger partial charge on any atom is -0.507 e. The summed E-state index contributed by atoms with van der Waals surface area (Å²) in [5.74, 6) is -0.516. The summed E-state index contributed by atoms with van der Waals surface area (Å²) in [4.78, 5) is 0. The minimum absolute atomic E-state index is 0.0136. The molecule has 7 heteroatoms. The summed E-state index contributed by atoms with van der Waals surface area (Å²) >= 11 is 2.92. The molecule has 0 amide bonds. The minimum atomic E-state index is -4.62. The quantitative estimate of drug-likeness (QED) is 0.803. The Kier molecular flexibility index (Phi) is 4.40. The summed E-state index contributed by atoms with van der Waals surface area (Å²) in [6.07, 6.45) is -5.92. The molecule has 0 saturated heterocycles. The first-order valence-electron chi connectivity index (χ1n) is 4.69. The number of alkyl halides is 3. The van der Waals surface area contributed by atoms with Crippen molar-refractivity contribution < 1.29 is 23.4 Å². The van der Waals surface area contributed by atoms with E-state index in [1.165, 1.54) is 7.05 Å². The Morgan fingerprint density at radius 3 is 2.47 bits per heavy atom. The number of phenols is 1. The SMILES string of the molecule is CNCC(O)c1cc(Br)c(O)cc1C(F)(F)F. The summed E-state index contributed by atoms with van der Waals surface area (Å²) in [6.45, 7) is -0.0136. The fourth-order valence-corrected chi connectivity index (χ4v) is 1.76. The third-order valence-electron chi connectivity index (χ3n) is 2.18. The summed E-state index contributed by atoms with van der Waals surface area (Å²) < 4.78 is 38.2. The lowest BCUT2D eigenvalue weighted by Gasteiger charge is -2.18. The van der Waals surface area contributed by atoms with Gasteiger partial charge in [0.2, 0.25) is 0 Å². The highest BCUT2D eigenvalue weighted by atomic mass is 79.9. The van der Waals surface area contributed by atoms with Crippen LogP contribution in [0.15, 0.2) is 16.6 Å². The maximum atomic E-state index is 12.7. The van der Waals surface area contributed by atoms with Gasteiger partial charge in [-0.2, -0.15) is 13.2 Å². The van der Waals surface area contributed by atoms with Crippen molar-refractivity contribution in [3.05, 3.63) is 27.7 Å². The van der Waals surface area contributed by atoms with E-state index in [1.54, 1.807) is 0 Å². The van der Waals surface area contributed by atoms with Crippen molar-refractivity contribution in [3.8, 4) is 5.75 Å². The summed E-state index contributed by atoms with van der Waals surface area (Å²) in [5, 5.41) is 21.5. The number of likely N-dealkylation sites (N-methyl/N-ethyl adjacent to an activating group) is 1. The zero-order chi connectivity index (χ0) is 13.2. The van der Waals surface area contributed by atoms with Gasteiger partial charge >= 0.3 is 6.18 Å². The average molecular weight is 314 g/mol. The number of hydrogen-bond acceptors (Lipinski definition) is 3. The van der Waals surface area contributed by atoms with Crippen molar-refractivity contribution in [1.82, 2.24) is 5.32 Å². The Hall–Kier alpha value is -0.790. The zero-order valence-electron chi connectivity index (χ0n) is 8.85. The highest BCUT2D eigenvalue weighted by Crippen LogP contribution is 2.39. The molecule has 0 bridgehead atoms. The van der Waals surface area contributed by atoms with Gasteiger partial charge in [-0.15, -0.1) is 0 Å². The van der Waals surface area contributed by atoms with Crippen molar-refractivity contribution in [1.29, 1.82) is 0 Å². The molecule has 0 saturated carbocycles. The van der Waals surface area contributed by atoms with E-state index in [-0.39, 0.29) is 16.6 Å². The van der Waals surface area contributed by atoms with Crippen molar-refractivity contribution in [3.63, 3.8) is 0 Å². The van der Waals surface area contributed by atoms with Crippen LogP contribution in [0.5, 0.6) is 5.75 Å². The number of phenolic OH excluding ortho intramolecular Hbond substituents is 1. The van der Waals surface area contributed by atoms with E-state index in [1.807, 2.05) is 0 Å². The number of rotatable bonds is 3. The van der Waals surface area contributed by atoms with Gasteiger partial charge in [0, 0.05) is 6.54 Å². The van der Waals surface area contributed by atoms with Crippen LogP contribution in [0, 0.1) is 0 Å². The summed E-state index contributed by atoms with van der Waals surface area (Å²) in [5.41, 5.74) is -1.32. The molecular weight excluding hydrogens is 303 g/mol. The number of aliphatic hydroxyl groups excluding tert-OH is 1. The first-order valence-corrected chi connectivity index (χ1v) is 5.49. The Morgan fingerprint density at radius 1 is 1.41 bits per heavy atom. The standard InChI is InChI=1S/C10H11BrF3NO2/c1-15-4-9(17)5-2-7(11)8(16)3-6(5)10(12,13)14/h2-3,9,15-17H,4H2,1H3. The normalized spacial score (nSPS) is 13.8. The highest BCUT2D eigenvalue weighted by Gasteiger charge is 2.35. The van der Waals surface area contributed by atoms with Gasteiger partial charge < -0.3 is 15.5 Å². The largest absolute Gasteiger partial charge is 0.507 e. The lowest BCUT2D eigenvalue weighted by atomic mass is 10.0. The maximum Gasteiger partial charge on any atom is 0.416 e. The second-order valence-corrected chi connectivity index (χ2v) is 4.32. The molecule has 0 aliphatic heterocycles. The summed E-state index contributed by atoms with van der Waals surface area (Å²) in [6, 6.07) is 1.67. The van der Waals surface area contributed by atoms with E-state index in [0.717, 1.165) is 6.07 Å². The molecule has 3 N–H and O–H groups in total. The van der Waals surface area contributed by atoms with Crippen LogP contribution in [0.4, 0.5) is 13.2 Å². The molecule has 96 valence electrons. The molecule has 1 atom stereocenters. The third-order valence-corrected chi connectivity index (χ3v) is 2.82. The molecule has 1 aromatic rings. The molecule has 0 aliphatic rings. The van der Waals surface area contributed by atoms with Crippen molar-refractivity contribution >= 4 is 15.9 Å². The molecule has 0 fully saturated rings. The predicted octanol–water partition coefficient (Wildman–Crippen LogP) is 2.43. The smallest absolute Gasteiger partial charge is 0.416 e. The van der Waals surface area contributed by atoms with Gasteiger partial charge in [0.25, 0.3) is 0 Å². The second kappa shape index (κ2) is 5.24. The molecule has 3 nitrogen and oxygen atoms in total. The van der Waals surface area contributed by atoms with Crippen molar-refractivity contribution in [2.45, 2.75) is 12.3 Å². The second-order valence-electron chi connectivity index (χ2n) is 3.46. The van der Waals surface area contributed by atoms with Gasteiger partial charge in [0.05, 0.1) is 16.1 Å². The van der Waals surface area contributed by atoms with E-state index >= 15 is 0 Å². The van der Waals surface area contributed by atoms with E-state index < -0.39 is 23.6 Å². The summed E-state index contributed by atoms with van der Waals surface area (Å²) in [7, 11) is 1.52. The number of nitrogens with one attached hydrogen (secondary N) is 1. The van der Waals surface area contributed by atoms with E-state index in [0.29, 0.717) is 6.07 Å². The first kappa shape index (κ1) is 14.3. The monoisotopic (exact) mass is 313 g/mol. The Morgan fingerprint density at radius 2 is 2.00 bits per heavy atom. The number of benzene rings is 1. The van der Waals surface area contributed by atoms with Crippen LogP contribution in [0.25, 0.3) is 0 Å². The maximum absolute atomic E-state index is 12.7. The predicted molar refractivity (Wildman–Crippen MR) is 59.7 cm³/mol. The number of hydrogen-bond donors (Lipinski definition) is 3. The van der Waals surface area contributed by atoms with E-state index in [2.05, 4.69) is 21.2 Å². The lowest BCUT2D eigenvalue weighted by Crippen LogP contribution is -2.20. The van der Waals surface area contributed by atoms with Crippen LogP contribution in [0.2, 0.25) is 0 Å². The van der Waals surface area contributed by atoms with Gasteiger partial charge in [0.15, 0.2) is 0 Å². The Balaban J connectivity index is 3.31. The molecule has 0 aliphatic carbocycles. The molecule has 0 heterocycles. The number of aliphatic hydroxyl groups is 1. The molecule has 1 rings (SSSR count). The first-order chi connectivity index (χ1) is 7.77. The highest BCUT2D eigenvalue weighted by molar-refractivity contribution is 9.10. The van der Waals surface area contributed by atoms with Crippen molar-refractivity contribution in [2.24, 2.45) is 0 Å². The van der Waals surface area contributed by atoms with Gasteiger partial charge in [0.1, 0.15) is 5.75 Å². The fourth-order valence-electron chi connectivity index (χ4n) is 1.40. The van der Waals surface area contributed by atoms with Gasteiger partial charge in [-0.1, -0.05) is 0 Å².